The zero-order valence-electron chi connectivity index (χ0n) is 17.6. The van der Waals surface area contributed by atoms with E-state index in [2.05, 4.69) is 10.2 Å². The summed E-state index contributed by atoms with van der Waals surface area (Å²) >= 11 is 6.04. The number of rotatable bonds is 10. The number of carbonyl (C=O) groups excluding carboxylic acids is 1. The number of likely N-dealkylation sites (tertiary alicyclic amines) is 1. The van der Waals surface area contributed by atoms with E-state index in [9.17, 15) is 13.2 Å². The van der Waals surface area contributed by atoms with E-state index in [4.69, 9.17) is 11.6 Å². The molecule has 1 fully saturated rings. The van der Waals surface area contributed by atoms with E-state index < -0.39 is 10.0 Å². The minimum absolute atomic E-state index is 0.0304. The maximum Gasteiger partial charge on any atom is 0.232 e. The molecule has 0 aromatic heterocycles. The molecule has 1 aromatic carbocycles. The van der Waals surface area contributed by atoms with Gasteiger partial charge < -0.3 is 10.2 Å². The maximum atomic E-state index is 12.2. The van der Waals surface area contributed by atoms with Crippen LogP contribution in [0.2, 0.25) is 5.02 Å². The molecule has 1 aliphatic rings. The summed E-state index contributed by atoms with van der Waals surface area (Å²) in [4.78, 5) is 14.6. The van der Waals surface area contributed by atoms with Crippen LogP contribution in [-0.2, 0) is 14.8 Å². The molecule has 0 unspecified atom stereocenters. The van der Waals surface area contributed by atoms with Gasteiger partial charge in [0.1, 0.15) is 0 Å². The van der Waals surface area contributed by atoms with Gasteiger partial charge in [0.2, 0.25) is 15.9 Å². The van der Waals surface area contributed by atoms with E-state index in [1.165, 1.54) is 36.2 Å². The van der Waals surface area contributed by atoms with Gasteiger partial charge in [0.05, 0.1) is 11.9 Å². The first kappa shape index (κ1) is 24.0. The van der Waals surface area contributed by atoms with Gasteiger partial charge in [-0.05, 0) is 69.9 Å². The Morgan fingerprint density at radius 1 is 1.17 bits per heavy atom. The maximum absolute atomic E-state index is 12.2. The first-order chi connectivity index (χ1) is 13.8. The second kappa shape index (κ2) is 11.8. The fraction of sp³-hybridized carbons (Fsp3) is 0.667. The van der Waals surface area contributed by atoms with Gasteiger partial charge in [-0.1, -0.05) is 30.5 Å². The molecule has 0 spiro atoms. The zero-order chi connectivity index (χ0) is 21.3. The number of halogens is 1. The third kappa shape index (κ3) is 8.52. The molecular weight excluding hydrogens is 410 g/mol. The van der Waals surface area contributed by atoms with E-state index >= 15 is 0 Å². The monoisotopic (exact) mass is 443 g/mol. The van der Waals surface area contributed by atoms with Gasteiger partial charge in [-0.3, -0.25) is 9.10 Å². The molecule has 2 rings (SSSR count). The average molecular weight is 444 g/mol. The quantitative estimate of drug-likeness (QED) is 0.561. The third-order valence-electron chi connectivity index (χ3n) is 5.28. The molecule has 0 radical (unpaired) electrons. The number of hydrogen-bond donors (Lipinski definition) is 1. The summed E-state index contributed by atoms with van der Waals surface area (Å²) in [5, 5.41) is 3.44. The number of amides is 1. The van der Waals surface area contributed by atoms with Gasteiger partial charge in [0.25, 0.3) is 0 Å². The summed E-state index contributed by atoms with van der Waals surface area (Å²) in [6, 6.07) is 5.19. The highest BCUT2D eigenvalue weighted by atomic mass is 35.5. The Balaban J connectivity index is 1.74. The van der Waals surface area contributed by atoms with E-state index in [-0.39, 0.29) is 12.5 Å². The lowest BCUT2D eigenvalue weighted by Crippen LogP contribution is -2.33. The molecule has 6 nitrogen and oxygen atoms in total. The molecular formula is C21H34ClN3O3S. The molecule has 8 heteroatoms. The van der Waals surface area contributed by atoms with Crippen LogP contribution in [0.15, 0.2) is 18.2 Å². The lowest BCUT2D eigenvalue weighted by Gasteiger charge is -2.24. The molecule has 1 N–H and O–H groups in total. The molecule has 29 heavy (non-hydrogen) atoms. The van der Waals surface area contributed by atoms with E-state index in [1.54, 1.807) is 18.2 Å². The highest BCUT2D eigenvalue weighted by molar-refractivity contribution is 7.92. The van der Waals surface area contributed by atoms with E-state index in [1.807, 2.05) is 6.92 Å². The van der Waals surface area contributed by atoms with Gasteiger partial charge in [0.15, 0.2) is 0 Å². The smallest absolute Gasteiger partial charge is 0.232 e. The topological polar surface area (TPSA) is 69.7 Å². The summed E-state index contributed by atoms with van der Waals surface area (Å²) in [7, 11) is -3.45. The summed E-state index contributed by atoms with van der Waals surface area (Å²) < 4.78 is 25.8. The number of aryl methyl sites for hydroxylation is 1. The van der Waals surface area contributed by atoms with Crippen LogP contribution >= 0.6 is 11.6 Å². The number of nitrogens with one attached hydrogen (secondary N) is 1. The number of nitrogens with zero attached hydrogens (tertiary/aromatic N) is 2. The van der Waals surface area contributed by atoms with Crippen molar-refractivity contribution in [2.45, 2.75) is 51.9 Å². The van der Waals surface area contributed by atoms with Gasteiger partial charge in [-0.25, -0.2) is 8.42 Å². The molecule has 0 bridgehead atoms. The van der Waals surface area contributed by atoms with Crippen molar-refractivity contribution in [3.63, 3.8) is 0 Å². The second-order valence-corrected chi connectivity index (χ2v) is 10.2. The molecule has 1 aliphatic heterocycles. The first-order valence-electron chi connectivity index (χ1n) is 10.5. The Morgan fingerprint density at radius 2 is 1.86 bits per heavy atom. The number of carbonyl (C=O) groups is 1. The van der Waals surface area contributed by atoms with Crippen molar-refractivity contribution >= 4 is 33.2 Å². The third-order valence-corrected chi connectivity index (χ3v) is 6.69. The van der Waals surface area contributed by atoms with Gasteiger partial charge in [0, 0.05) is 24.5 Å². The van der Waals surface area contributed by atoms with Gasteiger partial charge in [-0.2, -0.15) is 0 Å². The van der Waals surface area contributed by atoms with Crippen LogP contribution in [0.4, 0.5) is 5.69 Å². The van der Waals surface area contributed by atoms with Gasteiger partial charge >= 0.3 is 0 Å². The molecule has 1 heterocycles. The molecule has 1 aromatic rings. The SMILES string of the molecule is Cc1ccc(Cl)cc1N(CCCC(=O)NCCCN1CCCCCC1)S(C)(=O)=O. The molecule has 1 saturated heterocycles. The second-order valence-electron chi connectivity index (χ2n) is 7.83. The predicted octanol–water partition coefficient (Wildman–Crippen LogP) is 3.58. The fourth-order valence-electron chi connectivity index (χ4n) is 3.68. The Morgan fingerprint density at radius 3 is 2.52 bits per heavy atom. The summed E-state index contributed by atoms with van der Waals surface area (Å²) in [6.45, 7) is 6.12. The first-order valence-corrected chi connectivity index (χ1v) is 12.7. The van der Waals surface area contributed by atoms with E-state index in [0.29, 0.717) is 30.1 Å². The summed E-state index contributed by atoms with van der Waals surface area (Å²) in [5.41, 5.74) is 1.40. The van der Waals surface area contributed by atoms with Crippen LogP contribution in [0.5, 0.6) is 0 Å². The zero-order valence-corrected chi connectivity index (χ0v) is 19.2. The molecule has 0 saturated carbocycles. The summed E-state index contributed by atoms with van der Waals surface area (Å²) in [5.74, 6) is -0.0304. The van der Waals surface area contributed by atoms with Crippen LogP contribution in [0.25, 0.3) is 0 Å². The van der Waals surface area contributed by atoms with Crippen LogP contribution in [0.1, 0.15) is 50.5 Å². The lowest BCUT2D eigenvalue weighted by molar-refractivity contribution is -0.121. The lowest BCUT2D eigenvalue weighted by atomic mass is 10.2. The van der Waals surface area contributed by atoms with Crippen molar-refractivity contribution in [2.75, 3.05) is 43.3 Å². The average Bonchev–Trinajstić information content (AvgIpc) is 2.92. The minimum Gasteiger partial charge on any atom is -0.356 e. The van der Waals surface area contributed by atoms with Crippen molar-refractivity contribution in [3.05, 3.63) is 28.8 Å². The summed E-state index contributed by atoms with van der Waals surface area (Å²) in [6.07, 6.45) is 8.08. The Labute approximate surface area is 180 Å². The Kier molecular flexibility index (Phi) is 9.72. The highest BCUT2D eigenvalue weighted by Gasteiger charge is 2.19. The normalized spacial score (nSPS) is 15.7. The fourth-order valence-corrected chi connectivity index (χ4v) is 4.86. The van der Waals surface area contributed by atoms with Crippen LogP contribution in [0.3, 0.4) is 0 Å². The van der Waals surface area contributed by atoms with Crippen LogP contribution < -0.4 is 9.62 Å². The minimum atomic E-state index is -3.45. The number of hydrogen-bond acceptors (Lipinski definition) is 4. The number of anilines is 1. The Hall–Kier alpha value is -1.31. The van der Waals surface area contributed by atoms with Crippen molar-refractivity contribution in [2.24, 2.45) is 0 Å². The molecule has 0 aliphatic carbocycles. The molecule has 1 amide bonds. The van der Waals surface area contributed by atoms with Crippen molar-refractivity contribution in [1.82, 2.24) is 10.2 Å². The van der Waals surface area contributed by atoms with Crippen molar-refractivity contribution < 1.29 is 13.2 Å². The predicted molar refractivity (Wildman–Crippen MR) is 120 cm³/mol. The van der Waals surface area contributed by atoms with E-state index in [0.717, 1.165) is 31.6 Å². The molecule has 164 valence electrons. The number of sulfonamides is 1. The van der Waals surface area contributed by atoms with Crippen LogP contribution in [-0.4, -0.2) is 58.2 Å². The molecule has 0 atom stereocenters. The Bertz CT molecular complexity index is 762. The van der Waals surface area contributed by atoms with Crippen LogP contribution in [0, 0.1) is 6.92 Å². The van der Waals surface area contributed by atoms with Crippen molar-refractivity contribution in [3.8, 4) is 0 Å². The number of benzene rings is 1. The van der Waals surface area contributed by atoms with Gasteiger partial charge in [-0.15, -0.1) is 0 Å². The largest absolute Gasteiger partial charge is 0.356 e. The highest BCUT2D eigenvalue weighted by Crippen LogP contribution is 2.26. The standard InChI is InChI=1S/C21H34ClN3O3S/c1-18-10-11-19(22)17-20(18)25(29(2,27)28)16-7-9-21(26)23-12-8-15-24-13-5-3-4-6-14-24/h10-11,17H,3-9,12-16H2,1-2H3,(H,23,26). The van der Waals surface area contributed by atoms with Crippen molar-refractivity contribution in [1.29, 1.82) is 0 Å².